The maximum Gasteiger partial charge on any atom is 0.265 e. The predicted molar refractivity (Wildman–Crippen MR) is 110 cm³/mol. The molecular weight excluding hydrogens is 384 g/mol. The van der Waals surface area contributed by atoms with Gasteiger partial charge in [0, 0.05) is 16.6 Å². The summed E-state index contributed by atoms with van der Waals surface area (Å²) in [6, 6.07) is 14.7. The molecule has 0 unspecified atom stereocenters. The molecule has 2 amide bonds. The SMILES string of the molecule is CCN(CC(=O)Nc1ccccc1OC)C(=O)c1sc2ccccc2c1Cl. The first-order valence-corrected chi connectivity index (χ1v) is 9.63. The number of methoxy groups -OCH3 is 1. The van der Waals surface area contributed by atoms with Crippen molar-refractivity contribution >= 4 is 50.5 Å². The van der Waals surface area contributed by atoms with Gasteiger partial charge in [-0.25, -0.2) is 0 Å². The lowest BCUT2D eigenvalue weighted by Gasteiger charge is -2.20. The molecule has 0 radical (unpaired) electrons. The molecule has 0 aliphatic rings. The Kier molecular flexibility index (Phi) is 5.98. The van der Waals surface area contributed by atoms with E-state index in [4.69, 9.17) is 16.3 Å². The molecule has 3 rings (SSSR count). The number of rotatable bonds is 6. The van der Waals surface area contributed by atoms with Crippen molar-refractivity contribution in [1.82, 2.24) is 4.90 Å². The maximum atomic E-state index is 12.9. The Hall–Kier alpha value is -2.57. The summed E-state index contributed by atoms with van der Waals surface area (Å²) in [4.78, 5) is 27.3. The van der Waals surface area contributed by atoms with Crippen LogP contribution in [0.25, 0.3) is 10.1 Å². The number of fused-ring (bicyclic) bond motifs is 1. The minimum absolute atomic E-state index is 0.0715. The number of para-hydroxylation sites is 2. The molecule has 5 nitrogen and oxygen atoms in total. The second-order valence-corrected chi connectivity index (χ2v) is 7.24. The van der Waals surface area contributed by atoms with Gasteiger partial charge in [0.05, 0.1) is 17.8 Å². The number of amides is 2. The van der Waals surface area contributed by atoms with Crippen molar-refractivity contribution in [1.29, 1.82) is 0 Å². The fourth-order valence-electron chi connectivity index (χ4n) is 2.73. The Morgan fingerprint density at radius 1 is 1.15 bits per heavy atom. The number of benzene rings is 2. The van der Waals surface area contributed by atoms with Crippen LogP contribution in [0.3, 0.4) is 0 Å². The van der Waals surface area contributed by atoms with Crippen LogP contribution in [0.4, 0.5) is 5.69 Å². The van der Waals surface area contributed by atoms with Crippen molar-refractivity contribution in [3.8, 4) is 5.75 Å². The van der Waals surface area contributed by atoms with Crippen LogP contribution in [0.15, 0.2) is 48.5 Å². The summed E-state index contributed by atoms with van der Waals surface area (Å²) < 4.78 is 6.18. The van der Waals surface area contributed by atoms with Crippen LogP contribution in [-0.2, 0) is 4.79 Å². The minimum atomic E-state index is -0.299. The van der Waals surface area contributed by atoms with Gasteiger partial charge >= 0.3 is 0 Å². The number of ether oxygens (including phenoxy) is 1. The largest absolute Gasteiger partial charge is 0.495 e. The van der Waals surface area contributed by atoms with E-state index in [1.807, 2.05) is 37.3 Å². The first-order valence-electron chi connectivity index (χ1n) is 8.44. The zero-order valence-corrected chi connectivity index (χ0v) is 16.6. The number of nitrogens with one attached hydrogen (secondary N) is 1. The molecular formula is C20H19ClN2O3S. The third-order valence-corrected chi connectivity index (χ3v) is 5.78. The number of anilines is 1. The molecule has 0 aliphatic heterocycles. The number of hydrogen-bond donors (Lipinski definition) is 1. The van der Waals surface area contributed by atoms with Gasteiger partial charge in [-0.15, -0.1) is 11.3 Å². The van der Waals surface area contributed by atoms with Gasteiger partial charge in [-0.2, -0.15) is 0 Å². The zero-order chi connectivity index (χ0) is 19.4. The van der Waals surface area contributed by atoms with E-state index in [-0.39, 0.29) is 18.4 Å². The Morgan fingerprint density at radius 3 is 2.56 bits per heavy atom. The van der Waals surface area contributed by atoms with Gasteiger partial charge in [-0.3, -0.25) is 9.59 Å². The van der Waals surface area contributed by atoms with Gasteiger partial charge in [0.2, 0.25) is 5.91 Å². The maximum absolute atomic E-state index is 12.9. The Labute approximate surface area is 166 Å². The summed E-state index contributed by atoms with van der Waals surface area (Å²) in [6.45, 7) is 2.15. The van der Waals surface area contributed by atoms with E-state index < -0.39 is 0 Å². The van der Waals surface area contributed by atoms with Crippen LogP contribution in [-0.4, -0.2) is 36.9 Å². The highest BCUT2D eigenvalue weighted by molar-refractivity contribution is 7.21. The van der Waals surface area contributed by atoms with Crippen molar-refractivity contribution in [3.05, 3.63) is 58.4 Å². The smallest absolute Gasteiger partial charge is 0.265 e. The van der Waals surface area contributed by atoms with Crippen LogP contribution in [0.2, 0.25) is 5.02 Å². The Bertz CT molecular complexity index is 986. The predicted octanol–water partition coefficient (Wildman–Crippen LogP) is 4.66. The van der Waals surface area contributed by atoms with E-state index in [1.54, 1.807) is 18.2 Å². The fraction of sp³-hybridized carbons (Fsp3) is 0.200. The van der Waals surface area contributed by atoms with Crippen molar-refractivity contribution in [2.75, 3.05) is 25.5 Å². The number of hydrogen-bond acceptors (Lipinski definition) is 4. The third kappa shape index (κ3) is 4.07. The topological polar surface area (TPSA) is 58.6 Å². The summed E-state index contributed by atoms with van der Waals surface area (Å²) in [5, 5.41) is 4.07. The second-order valence-electron chi connectivity index (χ2n) is 5.81. The molecule has 1 N–H and O–H groups in total. The number of carbonyl (C=O) groups excluding carboxylic acids is 2. The van der Waals surface area contributed by atoms with Gasteiger partial charge in [0.25, 0.3) is 5.91 Å². The van der Waals surface area contributed by atoms with Crippen LogP contribution < -0.4 is 10.1 Å². The first-order chi connectivity index (χ1) is 13.0. The molecule has 1 aromatic heterocycles. The normalized spacial score (nSPS) is 10.6. The van der Waals surface area contributed by atoms with Gasteiger partial charge in [0.15, 0.2) is 0 Å². The number of carbonyl (C=O) groups is 2. The Morgan fingerprint density at radius 2 is 1.85 bits per heavy atom. The molecule has 27 heavy (non-hydrogen) atoms. The van der Waals surface area contributed by atoms with Crippen molar-refractivity contribution < 1.29 is 14.3 Å². The molecule has 0 aliphatic carbocycles. The fourth-order valence-corrected chi connectivity index (χ4v) is 4.21. The van der Waals surface area contributed by atoms with Crippen LogP contribution in [0.5, 0.6) is 5.75 Å². The lowest BCUT2D eigenvalue weighted by molar-refractivity contribution is -0.116. The summed E-state index contributed by atoms with van der Waals surface area (Å²) in [5.74, 6) is 0.0126. The van der Waals surface area contributed by atoms with E-state index in [1.165, 1.54) is 23.3 Å². The highest BCUT2D eigenvalue weighted by atomic mass is 35.5. The number of halogens is 1. The molecule has 0 bridgehead atoms. The quantitative estimate of drug-likeness (QED) is 0.652. The lowest BCUT2D eigenvalue weighted by Crippen LogP contribution is -2.37. The van der Waals surface area contributed by atoms with Gasteiger partial charge in [-0.1, -0.05) is 41.9 Å². The molecule has 7 heteroatoms. The molecule has 140 valence electrons. The van der Waals surface area contributed by atoms with E-state index in [9.17, 15) is 9.59 Å². The van der Waals surface area contributed by atoms with Crippen molar-refractivity contribution in [3.63, 3.8) is 0 Å². The average molecular weight is 403 g/mol. The third-order valence-electron chi connectivity index (χ3n) is 4.11. The monoisotopic (exact) mass is 402 g/mol. The zero-order valence-electron chi connectivity index (χ0n) is 15.0. The molecule has 1 heterocycles. The summed E-state index contributed by atoms with van der Waals surface area (Å²) >= 11 is 7.74. The Balaban J connectivity index is 1.77. The average Bonchev–Trinajstić information content (AvgIpc) is 3.03. The lowest BCUT2D eigenvalue weighted by atomic mass is 10.2. The van der Waals surface area contributed by atoms with Gasteiger partial charge in [-0.05, 0) is 25.1 Å². The minimum Gasteiger partial charge on any atom is -0.495 e. The summed E-state index contributed by atoms with van der Waals surface area (Å²) in [7, 11) is 1.54. The van der Waals surface area contributed by atoms with E-state index in [0.717, 1.165) is 10.1 Å². The van der Waals surface area contributed by atoms with Crippen molar-refractivity contribution in [2.45, 2.75) is 6.92 Å². The molecule has 0 fully saturated rings. The number of likely N-dealkylation sites (N-methyl/N-ethyl adjacent to an activating group) is 1. The van der Waals surface area contributed by atoms with Gasteiger partial charge in [0.1, 0.15) is 17.2 Å². The molecule has 3 aromatic rings. The van der Waals surface area contributed by atoms with E-state index in [2.05, 4.69) is 5.32 Å². The number of thiophene rings is 1. The second kappa shape index (κ2) is 8.41. The molecule has 0 atom stereocenters. The van der Waals surface area contributed by atoms with E-state index >= 15 is 0 Å². The van der Waals surface area contributed by atoms with E-state index in [0.29, 0.717) is 27.9 Å². The van der Waals surface area contributed by atoms with Crippen LogP contribution in [0, 0.1) is 0 Å². The number of nitrogens with zero attached hydrogens (tertiary/aromatic N) is 1. The highest BCUT2D eigenvalue weighted by Gasteiger charge is 2.23. The molecule has 0 spiro atoms. The highest BCUT2D eigenvalue weighted by Crippen LogP contribution is 2.35. The first kappa shape index (κ1) is 19.2. The molecule has 0 saturated heterocycles. The van der Waals surface area contributed by atoms with Gasteiger partial charge < -0.3 is 15.0 Å². The standard InChI is InChI=1S/C20H19ClN2O3S/c1-3-23(12-17(24)22-14-9-5-6-10-15(14)26-2)20(25)19-18(21)13-8-4-7-11-16(13)27-19/h4-11H,3,12H2,1-2H3,(H,22,24). The summed E-state index contributed by atoms with van der Waals surface area (Å²) in [5.41, 5.74) is 0.563. The molecule has 2 aromatic carbocycles. The van der Waals surface area contributed by atoms with Crippen LogP contribution in [0.1, 0.15) is 16.6 Å². The van der Waals surface area contributed by atoms with Crippen molar-refractivity contribution in [2.24, 2.45) is 0 Å². The molecule has 0 saturated carbocycles. The van der Waals surface area contributed by atoms with Crippen LogP contribution >= 0.6 is 22.9 Å². The summed E-state index contributed by atoms with van der Waals surface area (Å²) in [6.07, 6.45) is 0.